The van der Waals surface area contributed by atoms with Gasteiger partial charge in [-0.05, 0) is 31.6 Å². The standard InChI is InChI=1S/C15H27NO4/c1-12(2)11-20-10-8-14(17)16-9-4-3-5-13(16)6-7-15(18)19/h12-13H,3-11H2,1-2H3,(H,18,19)/t13-/m1/s1. The fraction of sp³-hybridized carbons (Fsp3) is 0.867. The zero-order valence-corrected chi connectivity index (χ0v) is 12.6. The molecule has 1 aliphatic heterocycles. The molecule has 1 N–H and O–H groups in total. The van der Waals surface area contributed by atoms with Crippen LogP contribution in [0.2, 0.25) is 0 Å². The van der Waals surface area contributed by atoms with E-state index < -0.39 is 5.97 Å². The van der Waals surface area contributed by atoms with Gasteiger partial charge in [0.15, 0.2) is 0 Å². The molecule has 116 valence electrons. The third-order valence-corrected chi connectivity index (χ3v) is 3.55. The Labute approximate surface area is 121 Å². The summed E-state index contributed by atoms with van der Waals surface area (Å²) in [4.78, 5) is 24.7. The van der Waals surface area contributed by atoms with Crippen LogP contribution >= 0.6 is 0 Å². The number of hydrogen-bond donors (Lipinski definition) is 1. The summed E-state index contributed by atoms with van der Waals surface area (Å²) >= 11 is 0. The highest BCUT2D eigenvalue weighted by Crippen LogP contribution is 2.21. The smallest absolute Gasteiger partial charge is 0.303 e. The Morgan fingerprint density at radius 2 is 2.05 bits per heavy atom. The van der Waals surface area contributed by atoms with Crippen LogP contribution in [0.1, 0.15) is 52.4 Å². The first-order valence-electron chi connectivity index (χ1n) is 7.59. The zero-order valence-electron chi connectivity index (χ0n) is 12.6. The molecule has 0 aromatic carbocycles. The molecule has 0 spiro atoms. The van der Waals surface area contributed by atoms with E-state index in [1.807, 2.05) is 4.90 Å². The van der Waals surface area contributed by atoms with Crippen LogP contribution in [0.15, 0.2) is 0 Å². The molecule has 0 aromatic heterocycles. The molecular weight excluding hydrogens is 258 g/mol. The Morgan fingerprint density at radius 1 is 1.30 bits per heavy atom. The lowest BCUT2D eigenvalue weighted by molar-refractivity contribution is -0.140. The van der Waals surface area contributed by atoms with Crippen LogP contribution in [0.25, 0.3) is 0 Å². The van der Waals surface area contributed by atoms with E-state index in [2.05, 4.69) is 13.8 Å². The van der Waals surface area contributed by atoms with Gasteiger partial charge in [-0.25, -0.2) is 0 Å². The van der Waals surface area contributed by atoms with Crippen molar-refractivity contribution in [3.05, 3.63) is 0 Å². The summed E-state index contributed by atoms with van der Waals surface area (Å²) < 4.78 is 5.45. The first kappa shape index (κ1) is 17.0. The molecule has 0 unspecified atom stereocenters. The number of carboxylic acids is 1. The number of carbonyl (C=O) groups is 2. The zero-order chi connectivity index (χ0) is 15.0. The first-order valence-corrected chi connectivity index (χ1v) is 7.59. The van der Waals surface area contributed by atoms with Crippen LogP contribution in [0.5, 0.6) is 0 Å². The van der Waals surface area contributed by atoms with Gasteiger partial charge in [-0.1, -0.05) is 13.8 Å². The van der Waals surface area contributed by atoms with Crippen molar-refractivity contribution >= 4 is 11.9 Å². The normalized spacial score (nSPS) is 19.4. The lowest BCUT2D eigenvalue weighted by Crippen LogP contribution is -2.44. The number of hydrogen-bond acceptors (Lipinski definition) is 3. The van der Waals surface area contributed by atoms with Crippen molar-refractivity contribution in [2.75, 3.05) is 19.8 Å². The highest BCUT2D eigenvalue weighted by atomic mass is 16.5. The molecule has 0 saturated carbocycles. The molecule has 0 aromatic rings. The summed E-state index contributed by atoms with van der Waals surface area (Å²) in [5.41, 5.74) is 0. The number of piperidine rings is 1. The van der Waals surface area contributed by atoms with Gasteiger partial charge in [0.05, 0.1) is 13.0 Å². The second-order valence-corrected chi connectivity index (χ2v) is 5.89. The molecule has 20 heavy (non-hydrogen) atoms. The molecule has 1 atom stereocenters. The predicted octanol–water partition coefficient (Wildman–Crippen LogP) is 2.29. The Kier molecular flexibility index (Phi) is 7.59. The number of aliphatic carboxylic acids is 1. The minimum atomic E-state index is -0.789. The van der Waals surface area contributed by atoms with Crippen molar-refractivity contribution < 1.29 is 19.4 Å². The molecule has 1 amide bonds. The van der Waals surface area contributed by atoms with Crippen LogP contribution in [0.3, 0.4) is 0 Å². The molecule has 0 aliphatic carbocycles. The molecule has 1 aliphatic rings. The first-order chi connectivity index (χ1) is 9.50. The second-order valence-electron chi connectivity index (χ2n) is 5.89. The van der Waals surface area contributed by atoms with Gasteiger partial charge in [0.1, 0.15) is 0 Å². The van der Waals surface area contributed by atoms with Gasteiger partial charge in [0.2, 0.25) is 5.91 Å². The lowest BCUT2D eigenvalue weighted by Gasteiger charge is -2.35. The summed E-state index contributed by atoms with van der Waals surface area (Å²) in [6.07, 6.45) is 4.12. The van der Waals surface area contributed by atoms with Crippen molar-refractivity contribution in [1.29, 1.82) is 0 Å². The maximum atomic E-state index is 12.2. The van der Waals surface area contributed by atoms with Crippen molar-refractivity contribution in [3.8, 4) is 0 Å². The fourth-order valence-electron chi connectivity index (χ4n) is 2.54. The summed E-state index contributed by atoms with van der Waals surface area (Å²) in [5, 5.41) is 8.77. The van der Waals surface area contributed by atoms with Crippen molar-refractivity contribution in [1.82, 2.24) is 4.90 Å². The number of amides is 1. The number of ether oxygens (including phenoxy) is 1. The number of likely N-dealkylation sites (tertiary alicyclic amines) is 1. The fourth-order valence-corrected chi connectivity index (χ4v) is 2.54. The maximum Gasteiger partial charge on any atom is 0.303 e. The van der Waals surface area contributed by atoms with E-state index >= 15 is 0 Å². The topological polar surface area (TPSA) is 66.8 Å². The number of carboxylic acid groups (broad SMARTS) is 1. The summed E-state index contributed by atoms with van der Waals surface area (Å²) in [6, 6.07) is 0.0949. The van der Waals surface area contributed by atoms with Gasteiger partial charge in [0, 0.05) is 25.6 Å². The van der Waals surface area contributed by atoms with Gasteiger partial charge in [-0.2, -0.15) is 0 Å². The van der Waals surface area contributed by atoms with Crippen LogP contribution in [-0.2, 0) is 14.3 Å². The van der Waals surface area contributed by atoms with Crippen LogP contribution in [0.4, 0.5) is 0 Å². The molecule has 0 radical (unpaired) electrons. The molecule has 1 rings (SSSR count). The molecule has 1 saturated heterocycles. The molecule has 1 fully saturated rings. The van der Waals surface area contributed by atoms with Crippen LogP contribution in [0, 0.1) is 5.92 Å². The maximum absolute atomic E-state index is 12.2. The highest BCUT2D eigenvalue weighted by Gasteiger charge is 2.26. The monoisotopic (exact) mass is 285 g/mol. The van der Waals surface area contributed by atoms with E-state index in [-0.39, 0.29) is 18.4 Å². The molecular formula is C15H27NO4. The number of rotatable bonds is 8. The number of carbonyl (C=O) groups excluding carboxylic acids is 1. The SMILES string of the molecule is CC(C)COCCC(=O)N1CCCC[C@@H]1CCC(=O)O. The quantitative estimate of drug-likeness (QED) is 0.695. The van der Waals surface area contributed by atoms with E-state index in [0.29, 0.717) is 32.0 Å². The minimum Gasteiger partial charge on any atom is -0.481 e. The average Bonchev–Trinajstić information content (AvgIpc) is 2.41. The highest BCUT2D eigenvalue weighted by molar-refractivity contribution is 5.76. The third-order valence-electron chi connectivity index (χ3n) is 3.55. The lowest BCUT2D eigenvalue weighted by atomic mass is 9.97. The molecule has 1 heterocycles. The van der Waals surface area contributed by atoms with E-state index in [1.54, 1.807) is 0 Å². The Hall–Kier alpha value is -1.10. The Morgan fingerprint density at radius 3 is 2.70 bits per heavy atom. The van der Waals surface area contributed by atoms with Crippen LogP contribution < -0.4 is 0 Å². The van der Waals surface area contributed by atoms with E-state index in [4.69, 9.17) is 9.84 Å². The Balaban J connectivity index is 2.35. The average molecular weight is 285 g/mol. The van der Waals surface area contributed by atoms with Crippen molar-refractivity contribution in [2.24, 2.45) is 5.92 Å². The van der Waals surface area contributed by atoms with Gasteiger partial charge < -0.3 is 14.7 Å². The minimum absolute atomic E-state index is 0.0949. The van der Waals surface area contributed by atoms with E-state index in [9.17, 15) is 9.59 Å². The molecule has 0 bridgehead atoms. The van der Waals surface area contributed by atoms with Crippen molar-refractivity contribution in [2.45, 2.75) is 58.4 Å². The Bertz CT molecular complexity index is 317. The van der Waals surface area contributed by atoms with Crippen molar-refractivity contribution in [3.63, 3.8) is 0 Å². The third kappa shape index (κ3) is 6.37. The summed E-state index contributed by atoms with van der Waals surface area (Å²) in [7, 11) is 0. The van der Waals surface area contributed by atoms with Gasteiger partial charge >= 0.3 is 5.97 Å². The summed E-state index contributed by atoms with van der Waals surface area (Å²) in [5.74, 6) is -0.213. The summed E-state index contributed by atoms with van der Waals surface area (Å²) in [6.45, 7) is 6.05. The van der Waals surface area contributed by atoms with E-state index in [1.165, 1.54) is 0 Å². The van der Waals surface area contributed by atoms with Gasteiger partial charge in [-0.3, -0.25) is 9.59 Å². The molecule has 5 nitrogen and oxygen atoms in total. The molecule has 5 heteroatoms. The van der Waals surface area contributed by atoms with Crippen LogP contribution in [-0.4, -0.2) is 47.7 Å². The predicted molar refractivity (Wildman–Crippen MR) is 76.5 cm³/mol. The van der Waals surface area contributed by atoms with Gasteiger partial charge in [0.25, 0.3) is 0 Å². The second kappa shape index (κ2) is 8.95. The van der Waals surface area contributed by atoms with Gasteiger partial charge in [-0.15, -0.1) is 0 Å². The largest absolute Gasteiger partial charge is 0.481 e. The van der Waals surface area contributed by atoms with E-state index in [0.717, 1.165) is 25.8 Å². The number of nitrogens with zero attached hydrogens (tertiary/aromatic N) is 1.